The largest absolute Gasteiger partial charge is 0.356 e. The Morgan fingerprint density at radius 3 is 2.41 bits per heavy atom. The molecule has 17 heavy (non-hydrogen) atoms. The van der Waals surface area contributed by atoms with Crippen LogP contribution in [0, 0.1) is 11.8 Å². The SMILES string of the molecule is CN=C(NCCC1CCCCC1)NCC1CC1. The highest BCUT2D eigenvalue weighted by Crippen LogP contribution is 2.27. The molecule has 3 nitrogen and oxygen atoms in total. The summed E-state index contributed by atoms with van der Waals surface area (Å²) in [6.45, 7) is 2.18. The number of hydrogen-bond donors (Lipinski definition) is 2. The van der Waals surface area contributed by atoms with Gasteiger partial charge in [-0.3, -0.25) is 4.99 Å². The molecule has 2 N–H and O–H groups in total. The van der Waals surface area contributed by atoms with Crippen molar-refractivity contribution in [2.45, 2.75) is 51.4 Å². The van der Waals surface area contributed by atoms with Gasteiger partial charge in [-0.1, -0.05) is 32.1 Å². The maximum Gasteiger partial charge on any atom is 0.190 e. The van der Waals surface area contributed by atoms with Gasteiger partial charge in [0.25, 0.3) is 0 Å². The van der Waals surface area contributed by atoms with Crippen molar-refractivity contribution in [1.29, 1.82) is 0 Å². The molecule has 2 fully saturated rings. The Morgan fingerprint density at radius 2 is 1.76 bits per heavy atom. The summed E-state index contributed by atoms with van der Waals surface area (Å²) in [5, 5.41) is 6.85. The molecular formula is C14H27N3. The molecule has 0 unspecified atom stereocenters. The molecule has 2 rings (SSSR count). The van der Waals surface area contributed by atoms with E-state index in [4.69, 9.17) is 0 Å². The predicted octanol–water partition coefficient (Wildman–Crippen LogP) is 2.53. The van der Waals surface area contributed by atoms with Crippen LogP contribution < -0.4 is 10.6 Å². The summed E-state index contributed by atoms with van der Waals surface area (Å²) < 4.78 is 0. The normalized spacial score (nSPS) is 22.5. The highest BCUT2D eigenvalue weighted by molar-refractivity contribution is 5.79. The quantitative estimate of drug-likeness (QED) is 0.569. The molecular weight excluding hydrogens is 210 g/mol. The number of aliphatic imine (C=N–C) groups is 1. The minimum Gasteiger partial charge on any atom is -0.356 e. The summed E-state index contributed by atoms with van der Waals surface area (Å²) in [5.41, 5.74) is 0. The Balaban J connectivity index is 1.55. The van der Waals surface area contributed by atoms with Crippen LogP contribution in [0.25, 0.3) is 0 Å². The molecule has 0 aromatic carbocycles. The van der Waals surface area contributed by atoms with E-state index in [2.05, 4.69) is 15.6 Å². The molecule has 2 aliphatic carbocycles. The lowest BCUT2D eigenvalue weighted by molar-refractivity contribution is 0.339. The third-order valence-electron chi connectivity index (χ3n) is 4.05. The average Bonchev–Trinajstić information content (AvgIpc) is 3.19. The van der Waals surface area contributed by atoms with Crippen molar-refractivity contribution in [3.05, 3.63) is 0 Å². The van der Waals surface area contributed by atoms with Gasteiger partial charge in [0.1, 0.15) is 0 Å². The summed E-state index contributed by atoms with van der Waals surface area (Å²) in [7, 11) is 1.86. The fourth-order valence-electron chi connectivity index (χ4n) is 2.65. The number of hydrogen-bond acceptors (Lipinski definition) is 1. The van der Waals surface area contributed by atoms with E-state index in [0.717, 1.165) is 30.9 Å². The van der Waals surface area contributed by atoms with Gasteiger partial charge in [0, 0.05) is 20.1 Å². The number of nitrogens with zero attached hydrogens (tertiary/aromatic N) is 1. The minimum absolute atomic E-state index is 0.909. The molecule has 3 heteroatoms. The lowest BCUT2D eigenvalue weighted by Gasteiger charge is -2.22. The first kappa shape index (κ1) is 12.7. The lowest BCUT2D eigenvalue weighted by Crippen LogP contribution is -2.39. The van der Waals surface area contributed by atoms with Crippen molar-refractivity contribution < 1.29 is 0 Å². The van der Waals surface area contributed by atoms with Crippen LogP contribution in [-0.4, -0.2) is 26.1 Å². The number of rotatable bonds is 5. The molecule has 0 bridgehead atoms. The van der Waals surface area contributed by atoms with Gasteiger partial charge in [0.15, 0.2) is 5.96 Å². The van der Waals surface area contributed by atoms with Crippen molar-refractivity contribution in [1.82, 2.24) is 10.6 Å². The van der Waals surface area contributed by atoms with Crippen molar-refractivity contribution in [2.75, 3.05) is 20.1 Å². The van der Waals surface area contributed by atoms with E-state index in [1.54, 1.807) is 0 Å². The van der Waals surface area contributed by atoms with Crippen LogP contribution in [0.15, 0.2) is 4.99 Å². The zero-order valence-corrected chi connectivity index (χ0v) is 11.2. The summed E-state index contributed by atoms with van der Waals surface area (Å²) in [5.74, 6) is 2.86. The highest BCUT2D eigenvalue weighted by Gasteiger charge is 2.21. The molecule has 0 aliphatic heterocycles. The Labute approximate surface area is 105 Å². The molecule has 0 spiro atoms. The summed E-state index contributed by atoms with van der Waals surface area (Å²) in [6.07, 6.45) is 11.3. The van der Waals surface area contributed by atoms with Gasteiger partial charge in [-0.15, -0.1) is 0 Å². The van der Waals surface area contributed by atoms with Crippen LogP contribution in [0.3, 0.4) is 0 Å². The van der Waals surface area contributed by atoms with Crippen LogP contribution in [0.2, 0.25) is 0 Å². The fraction of sp³-hybridized carbons (Fsp3) is 0.929. The molecule has 0 amide bonds. The average molecular weight is 237 g/mol. The molecule has 0 saturated heterocycles. The second-order valence-corrected chi connectivity index (χ2v) is 5.62. The summed E-state index contributed by atoms with van der Waals surface area (Å²) in [4.78, 5) is 4.26. The first-order valence-corrected chi connectivity index (χ1v) is 7.33. The topological polar surface area (TPSA) is 36.4 Å². The maximum absolute atomic E-state index is 4.26. The lowest BCUT2D eigenvalue weighted by atomic mass is 9.87. The fourth-order valence-corrected chi connectivity index (χ4v) is 2.65. The van der Waals surface area contributed by atoms with Crippen molar-refractivity contribution in [2.24, 2.45) is 16.8 Å². The third kappa shape index (κ3) is 4.97. The molecule has 0 atom stereocenters. The zero-order chi connectivity index (χ0) is 11.9. The van der Waals surface area contributed by atoms with Crippen LogP contribution in [0.1, 0.15) is 51.4 Å². The van der Waals surface area contributed by atoms with E-state index in [1.807, 2.05) is 7.05 Å². The molecule has 2 aliphatic rings. The van der Waals surface area contributed by atoms with Crippen molar-refractivity contribution >= 4 is 5.96 Å². The smallest absolute Gasteiger partial charge is 0.190 e. The molecule has 2 saturated carbocycles. The van der Waals surface area contributed by atoms with E-state index < -0.39 is 0 Å². The van der Waals surface area contributed by atoms with Gasteiger partial charge in [-0.2, -0.15) is 0 Å². The molecule has 0 aromatic rings. The van der Waals surface area contributed by atoms with Crippen LogP contribution in [-0.2, 0) is 0 Å². The second-order valence-electron chi connectivity index (χ2n) is 5.62. The van der Waals surface area contributed by atoms with Gasteiger partial charge in [0.2, 0.25) is 0 Å². The van der Waals surface area contributed by atoms with E-state index in [9.17, 15) is 0 Å². The monoisotopic (exact) mass is 237 g/mol. The van der Waals surface area contributed by atoms with Gasteiger partial charge in [0.05, 0.1) is 0 Å². The van der Waals surface area contributed by atoms with Crippen LogP contribution >= 0.6 is 0 Å². The van der Waals surface area contributed by atoms with Gasteiger partial charge in [-0.05, 0) is 31.1 Å². The molecule has 98 valence electrons. The van der Waals surface area contributed by atoms with E-state index >= 15 is 0 Å². The summed E-state index contributed by atoms with van der Waals surface area (Å²) >= 11 is 0. The second kappa shape index (κ2) is 6.87. The first-order chi connectivity index (χ1) is 8.38. The van der Waals surface area contributed by atoms with Gasteiger partial charge >= 0.3 is 0 Å². The summed E-state index contributed by atoms with van der Waals surface area (Å²) in [6, 6.07) is 0. The van der Waals surface area contributed by atoms with Crippen molar-refractivity contribution in [3.8, 4) is 0 Å². The first-order valence-electron chi connectivity index (χ1n) is 7.33. The Hall–Kier alpha value is -0.730. The van der Waals surface area contributed by atoms with Gasteiger partial charge < -0.3 is 10.6 Å². The van der Waals surface area contributed by atoms with Gasteiger partial charge in [-0.25, -0.2) is 0 Å². The third-order valence-corrected chi connectivity index (χ3v) is 4.05. The van der Waals surface area contributed by atoms with E-state index in [1.165, 1.54) is 51.4 Å². The predicted molar refractivity (Wildman–Crippen MR) is 73.3 cm³/mol. The number of guanidine groups is 1. The molecule has 0 radical (unpaired) electrons. The Kier molecular flexibility index (Phi) is 5.14. The molecule has 0 aromatic heterocycles. The van der Waals surface area contributed by atoms with E-state index in [-0.39, 0.29) is 0 Å². The Morgan fingerprint density at radius 1 is 1.00 bits per heavy atom. The maximum atomic E-state index is 4.26. The van der Waals surface area contributed by atoms with E-state index in [0.29, 0.717) is 0 Å². The Bertz CT molecular complexity index is 240. The molecule has 0 heterocycles. The van der Waals surface area contributed by atoms with Crippen LogP contribution in [0.4, 0.5) is 0 Å². The van der Waals surface area contributed by atoms with Crippen LogP contribution in [0.5, 0.6) is 0 Å². The standard InChI is InChI=1S/C14H27N3/c1-15-14(17-11-13-7-8-13)16-10-9-12-5-3-2-4-6-12/h12-13H,2-11H2,1H3,(H2,15,16,17). The minimum atomic E-state index is 0.909. The zero-order valence-electron chi connectivity index (χ0n) is 11.2. The number of nitrogens with one attached hydrogen (secondary N) is 2. The van der Waals surface area contributed by atoms with Crippen molar-refractivity contribution in [3.63, 3.8) is 0 Å². The highest BCUT2D eigenvalue weighted by atomic mass is 15.2.